The maximum Gasteiger partial charge on any atom is 0.573 e. The Kier molecular flexibility index (Phi) is 10.00. The van der Waals surface area contributed by atoms with Crippen LogP contribution in [0.1, 0.15) is 57.3 Å². The maximum atomic E-state index is 15.5. The average Bonchev–Trinajstić information content (AvgIpc) is 3.51. The van der Waals surface area contributed by atoms with E-state index in [9.17, 15) is 18.0 Å². The zero-order chi connectivity index (χ0) is 33.0. The fraction of sp³-hybridized carbons (Fsp3) is 0.333. The molecular formula is C33H34F4N6O2S. The first-order chi connectivity index (χ1) is 21.9. The van der Waals surface area contributed by atoms with Gasteiger partial charge in [-0.25, -0.2) is 18.9 Å². The quantitative estimate of drug-likeness (QED) is 0.192. The van der Waals surface area contributed by atoms with Crippen LogP contribution in [-0.2, 0) is 0 Å². The van der Waals surface area contributed by atoms with Crippen molar-refractivity contribution in [2.45, 2.75) is 64.7 Å². The van der Waals surface area contributed by atoms with E-state index in [4.69, 9.17) is 0 Å². The van der Waals surface area contributed by atoms with Crippen LogP contribution in [0.15, 0.2) is 84.1 Å². The van der Waals surface area contributed by atoms with Crippen molar-refractivity contribution in [3.05, 3.63) is 90.3 Å². The van der Waals surface area contributed by atoms with Crippen LogP contribution in [0, 0.1) is 0 Å². The van der Waals surface area contributed by atoms with Gasteiger partial charge in [0.25, 0.3) is 0 Å². The van der Waals surface area contributed by atoms with Gasteiger partial charge in [-0.2, -0.15) is 4.99 Å². The Morgan fingerprint density at radius 2 is 1.74 bits per heavy atom. The Morgan fingerprint density at radius 1 is 1.04 bits per heavy atom. The number of anilines is 1. The first-order valence-electron chi connectivity index (χ1n) is 14.8. The van der Waals surface area contributed by atoms with E-state index in [1.165, 1.54) is 52.6 Å². The van der Waals surface area contributed by atoms with Crippen LogP contribution in [0.3, 0.4) is 0 Å². The lowest BCUT2D eigenvalue weighted by Gasteiger charge is -2.37. The summed E-state index contributed by atoms with van der Waals surface area (Å²) < 4.78 is 58.1. The van der Waals surface area contributed by atoms with Crippen molar-refractivity contribution in [3.63, 3.8) is 0 Å². The molecule has 5 rings (SSSR count). The van der Waals surface area contributed by atoms with Gasteiger partial charge in [-0.3, -0.25) is 0 Å². The van der Waals surface area contributed by atoms with Crippen LogP contribution in [0.25, 0.3) is 17.1 Å². The summed E-state index contributed by atoms with van der Waals surface area (Å²) in [5, 5.41) is 7.66. The molecule has 2 amide bonds. The fourth-order valence-electron chi connectivity index (χ4n) is 5.14. The molecule has 1 aromatic heterocycles. The number of urea groups is 1. The predicted octanol–water partition coefficient (Wildman–Crippen LogP) is 8.45. The Morgan fingerprint density at radius 3 is 2.41 bits per heavy atom. The second-order valence-electron chi connectivity index (χ2n) is 11.3. The van der Waals surface area contributed by atoms with Gasteiger partial charge in [0.05, 0.1) is 11.7 Å². The van der Waals surface area contributed by atoms with Crippen LogP contribution in [0.5, 0.6) is 5.75 Å². The molecule has 1 fully saturated rings. The summed E-state index contributed by atoms with van der Waals surface area (Å²) in [6, 6.07) is 18.5. The summed E-state index contributed by atoms with van der Waals surface area (Å²) in [4.78, 5) is 23.8. The summed E-state index contributed by atoms with van der Waals surface area (Å²) >= 11 is 1.51. The van der Waals surface area contributed by atoms with Gasteiger partial charge in [-0.05, 0) is 67.6 Å². The Bertz CT molecular complexity index is 1670. The molecule has 0 radical (unpaired) electrons. The van der Waals surface area contributed by atoms with E-state index in [1.807, 2.05) is 18.2 Å². The van der Waals surface area contributed by atoms with Crippen LogP contribution in [0.4, 0.5) is 28.0 Å². The number of carbonyl (C=O) groups excluding carboxylic acids is 1. The standard InChI is InChI=1S/C33H34F4N6O2S/c1-20(2)27-7-5-6-8-28(27)43-21(3)17-18-46-32(43)40-31(44)39-22(4)29(34)23-9-11-24(12-10-23)30-38-19-42(41-30)25-13-15-26(16-14-25)45-33(35,36)37/h5-16,19-22,29H,17-18H2,1-4H3,(H,39,44)/b40-32-. The highest BCUT2D eigenvalue weighted by Gasteiger charge is 2.31. The number of para-hydroxylation sites is 1. The Hall–Kier alpha value is -4.39. The number of amidine groups is 1. The van der Waals surface area contributed by atoms with E-state index in [1.54, 1.807) is 31.2 Å². The van der Waals surface area contributed by atoms with E-state index in [-0.39, 0.29) is 17.7 Å². The van der Waals surface area contributed by atoms with Gasteiger partial charge in [0.1, 0.15) is 18.2 Å². The molecule has 0 saturated carbocycles. The minimum absolute atomic E-state index is 0.150. The number of aromatic nitrogens is 3. The van der Waals surface area contributed by atoms with Crippen LogP contribution >= 0.6 is 11.8 Å². The zero-order valence-corrected chi connectivity index (χ0v) is 26.5. The van der Waals surface area contributed by atoms with Gasteiger partial charge < -0.3 is 15.0 Å². The van der Waals surface area contributed by atoms with Crippen LogP contribution in [0.2, 0.25) is 0 Å². The van der Waals surface area contributed by atoms with Crippen LogP contribution in [-0.4, -0.2) is 50.2 Å². The van der Waals surface area contributed by atoms with E-state index < -0.39 is 24.6 Å². The highest BCUT2D eigenvalue weighted by molar-refractivity contribution is 8.14. The Labute approximate surface area is 268 Å². The number of amides is 2. The number of rotatable bonds is 8. The molecule has 1 aliphatic rings. The maximum absolute atomic E-state index is 15.5. The number of alkyl halides is 4. The molecular weight excluding hydrogens is 620 g/mol. The van der Waals surface area contributed by atoms with E-state index in [2.05, 4.69) is 56.9 Å². The molecule has 3 aromatic carbocycles. The van der Waals surface area contributed by atoms with Gasteiger partial charge in [0.15, 0.2) is 11.0 Å². The highest BCUT2D eigenvalue weighted by atomic mass is 32.2. The summed E-state index contributed by atoms with van der Waals surface area (Å²) in [5.74, 6) is 1.12. The molecule has 46 heavy (non-hydrogen) atoms. The normalized spacial score (nSPS) is 17.6. The molecule has 2 heterocycles. The number of nitrogens with zero attached hydrogens (tertiary/aromatic N) is 5. The number of halogens is 4. The highest BCUT2D eigenvalue weighted by Crippen LogP contribution is 2.35. The lowest BCUT2D eigenvalue weighted by Crippen LogP contribution is -2.43. The van der Waals surface area contributed by atoms with Crippen molar-refractivity contribution in [1.82, 2.24) is 20.1 Å². The van der Waals surface area contributed by atoms with Gasteiger partial charge in [-0.15, -0.1) is 18.3 Å². The lowest BCUT2D eigenvalue weighted by molar-refractivity contribution is -0.274. The SMILES string of the molecule is CC(C)c1ccccc1N1/C(=N/C(=O)NC(C)C(F)c2ccc(-c3ncn(-c4ccc(OC(F)(F)F)cc4)n3)cc2)SCCC1C. The van der Waals surface area contributed by atoms with E-state index >= 15 is 4.39 Å². The molecule has 0 spiro atoms. The lowest BCUT2D eigenvalue weighted by atomic mass is 9.99. The molecule has 3 atom stereocenters. The largest absolute Gasteiger partial charge is 0.573 e. The third-order valence-corrected chi connectivity index (χ3v) is 8.52. The summed E-state index contributed by atoms with van der Waals surface area (Å²) in [5.41, 5.74) is 3.64. The molecule has 13 heteroatoms. The van der Waals surface area contributed by atoms with E-state index in [0.29, 0.717) is 27.8 Å². The topological polar surface area (TPSA) is 84.6 Å². The number of hydrogen-bond donors (Lipinski definition) is 1. The number of carbonyl (C=O) groups is 1. The molecule has 1 N–H and O–H groups in total. The number of nitrogens with one attached hydrogen (secondary N) is 1. The van der Waals surface area contributed by atoms with Gasteiger partial charge in [0.2, 0.25) is 0 Å². The third-order valence-electron chi connectivity index (χ3n) is 7.53. The minimum Gasteiger partial charge on any atom is -0.406 e. The first kappa shape index (κ1) is 33.0. The van der Waals surface area contributed by atoms with Crippen molar-refractivity contribution >= 4 is 28.6 Å². The second kappa shape index (κ2) is 13.9. The Balaban J connectivity index is 1.24. The fourth-order valence-corrected chi connectivity index (χ4v) is 6.35. The third kappa shape index (κ3) is 7.87. The summed E-state index contributed by atoms with van der Waals surface area (Å²) in [7, 11) is 0. The monoisotopic (exact) mass is 654 g/mol. The number of thioether (sulfide) groups is 1. The van der Waals surface area contributed by atoms with Crippen molar-refractivity contribution < 1.29 is 27.1 Å². The number of ether oxygens (including phenoxy) is 1. The van der Waals surface area contributed by atoms with Crippen molar-refractivity contribution in [3.8, 4) is 22.8 Å². The molecule has 8 nitrogen and oxygen atoms in total. The molecule has 0 aliphatic carbocycles. The zero-order valence-electron chi connectivity index (χ0n) is 25.7. The molecule has 1 aliphatic heterocycles. The van der Waals surface area contributed by atoms with Crippen molar-refractivity contribution in [2.24, 2.45) is 4.99 Å². The van der Waals surface area contributed by atoms with Gasteiger partial charge >= 0.3 is 12.4 Å². The van der Waals surface area contributed by atoms with Crippen LogP contribution < -0.4 is 15.0 Å². The number of benzene rings is 3. The second-order valence-corrected chi connectivity index (χ2v) is 12.3. The average molecular weight is 655 g/mol. The van der Waals surface area contributed by atoms with E-state index in [0.717, 1.165) is 17.9 Å². The molecule has 4 aromatic rings. The van der Waals surface area contributed by atoms with Crippen molar-refractivity contribution in [2.75, 3.05) is 10.7 Å². The molecule has 242 valence electrons. The van der Waals surface area contributed by atoms with Crippen molar-refractivity contribution in [1.29, 1.82) is 0 Å². The summed E-state index contributed by atoms with van der Waals surface area (Å²) in [6.45, 7) is 7.97. The first-order valence-corrected chi connectivity index (χ1v) is 15.8. The number of aliphatic imine (C=N–C) groups is 1. The van der Waals surface area contributed by atoms with Gasteiger partial charge in [0, 0.05) is 23.0 Å². The molecule has 3 unspecified atom stereocenters. The number of hydrogen-bond acceptors (Lipinski definition) is 5. The minimum atomic E-state index is -4.78. The molecule has 0 bridgehead atoms. The summed E-state index contributed by atoms with van der Waals surface area (Å²) in [6.07, 6.45) is -3.91. The smallest absolute Gasteiger partial charge is 0.406 e. The van der Waals surface area contributed by atoms with Gasteiger partial charge in [-0.1, -0.05) is 68.1 Å². The predicted molar refractivity (Wildman–Crippen MR) is 172 cm³/mol. The molecule has 1 saturated heterocycles.